The summed E-state index contributed by atoms with van der Waals surface area (Å²) in [4.78, 5) is 26.6. The highest BCUT2D eigenvalue weighted by molar-refractivity contribution is 7.18. The summed E-state index contributed by atoms with van der Waals surface area (Å²) in [7, 11) is 1.80. The van der Waals surface area contributed by atoms with Gasteiger partial charge in [-0.1, -0.05) is 29.8 Å². The van der Waals surface area contributed by atoms with Gasteiger partial charge in [0.1, 0.15) is 0 Å². The van der Waals surface area contributed by atoms with Gasteiger partial charge in [0, 0.05) is 19.5 Å². The largest absolute Gasteiger partial charge is 0.337 e. The third kappa shape index (κ3) is 3.99. The first-order chi connectivity index (χ1) is 11.0. The first-order valence-corrected chi connectivity index (χ1v) is 8.56. The zero-order valence-corrected chi connectivity index (χ0v) is 14.2. The normalized spacial score (nSPS) is 13.7. The predicted molar refractivity (Wildman–Crippen MR) is 92.6 cm³/mol. The fraction of sp³-hybridized carbons (Fsp3) is 0.333. The van der Waals surface area contributed by atoms with Gasteiger partial charge in [0.15, 0.2) is 0 Å². The standard InChI is InChI=1S/C18H20N2O2S/c1-12-3-5-13(6-4-12)11-20(2)18(22)15-9-10-16(23-15)19-17(21)14-7-8-14/h3-6,9-10,14H,7-8,11H2,1-2H3,(H,19,21). The molecule has 0 aliphatic heterocycles. The molecule has 0 spiro atoms. The van der Waals surface area contributed by atoms with E-state index in [1.165, 1.54) is 16.9 Å². The van der Waals surface area contributed by atoms with Crippen LogP contribution in [0, 0.1) is 12.8 Å². The number of thiophene rings is 1. The quantitative estimate of drug-likeness (QED) is 0.910. The number of amides is 2. The van der Waals surface area contributed by atoms with Crippen molar-refractivity contribution in [1.82, 2.24) is 4.90 Å². The van der Waals surface area contributed by atoms with Gasteiger partial charge in [0.2, 0.25) is 5.91 Å². The average Bonchev–Trinajstić information content (AvgIpc) is 3.29. The third-order valence-corrected chi connectivity index (χ3v) is 4.89. The monoisotopic (exact) mass is 328 g/mol. The third-order valence-electron chi connectivity index (χ3n) is 3.90. The van der Waals surface area contributed by atoms with E-state index in [1.54, 1.807) is 24.1 Å². The van der Waals surface area contributed by atoms with Crippen LogP contribution in [-0.4, -0.2) is 23.8 Å². The molecular formula is C18H20N2O2S. The highest BCUT2D eigenvalue weighted by Gasteiger charge is 2.30. The van der Waals surface area contributed by atoms with Crippen molar-refractivity contribution in [1.29, 1.82) is 0 Å². The Bertz CT molecular complexity index is 717. The molecule has 1 aliphatic carbocycles. The summed E-state index contributed by atoms with van der Waals surface area (Å²) in [5, 5.41) is 3.63. The average molecular weight is 328 g/mol. The molecule has 4 nitrogen and oxygen atoms in total. The van der Waals surface area contributed by atoms with E-state index in [4.69, 9.17) is 0 Å². The smallest absolute Gasteiger partial charge is 0.264 e. The maximum absolute atomic E-state index is 12.5. The van der Waals surface area contributed by atoms with Crippen LogP contribution in [0.15, 0.2) is 36.4 Å². The fourth-order valence-corrected chi connectivity index (χ4v) is 3.22. The van der Waals surface area contributed by atoms with E-state index >= 15 is 0 Å². The second kappa shape index (κ2) is 6.54. The first kappa shape index (κ1) is 15.7. The van der Waals surface area contributed by atoms with Crippen molar-refractivity contribution in [3.63, 3.8) is 0 Å². The molecule has 0 unspecified atom stereocenters. The molecular weight excluding hydrogens is 308 g/mol. The Kier molecular flexibility index (Phi) is 4.48. The van der Waals surface area contributed by atoms with Gasteiger partial charge < -0.3 is 10.2 Å². The van der Waals surface area contributed by atoms with Crippen LogP contribution in [0.25, 0.3) is 0 Å². The van der Waals surface area contributed by atoms with Crippen LogP contribution in [0.1, 0.15) is 33.6 Å². The Balaban J connectivity index is 1.61. The number of anilines is 1. The summed E-state index contributed by atoms with van der Waals surface area (Å²) >= 11 is 1.33. The van der Waals surface area contributed by atoms with Gasteiger partial charge in [-0.3, -0.25) is 9.59 Å². The number of rotatable bonds is 5. The molecule has 2 aromatic rings. The SMILES string of the molecule is Cc1ccc(CN(C)C(=O)c2ccc(NC(=O)C3CC3)s2)cc1. The van der Waals surface area contributed by atoms with Gasteiger partial charge in [0.25, 0.3) is 5.91 Å². The van der Waals surface area contributed by atoms with Crippen LogP contribution in [0.2, 0.25) is 0 Å². The van der Waals surface area contributed by atoms with Crippen molar-refractivity contribution in [2.24, 2.45) is 5.92 Å². The van der Waals surface area contributed by atoms with E-state index < -0.39 is 0 Å². The minimum Gasteiger partial charge on any atom is -0.337 e. The molecule has 0 radical (unpaired) electrons. The molecule has 1 aliphatic rings. The van der Waals surface area contributed by atoms with E-state index in [-0.39, 0.29) is 17.7 Å². The zero-order chi connectivity index (χ0) is 16.4. The highest BCUT2D eigenvalue weighted by atomic mass is 32.1. The maximum atomic E-state index is 12.5. The van der Waals surface area contributed by atoms with Gasteiger partial charge >= 0.3 is 0 Å². The van der Waals surface area contributed by atoms with Crippen molar-refractivity contribution in [3.05, 3.63) is 52.4 Å². The van der Waals surface area contributed by atoms with Crippen molar-refractivity contribution in [3.8, 4) is 0 Å². The highest BCUT2D eigenvalue weighted by Crippen LogP contribution is 2.31. The van der Waals surface area contributed by atoms with Crippen LogP contribution < -0.4 is 5.32 Å². The van der Waals surface area contributed by atoms with Crippen LogP contribution >= 0.6 is 11.3 Å². The Labute approximate surface area is 140 Å². The molecule has 1 heterocycles. The molecule has 120 valence electrons. The first-order valence-electron chi connectivity index (χ1n) is 7.74. The molecule has 1 aromatic heterocycles. The molecule has 2 amide bonds. The minimum absolute atomic E-state index is 0.0255. The number of carbonyl (C=O) groups excluding carboxylic acids is 2. The molecule has 23 heavy (non-hydrogen) atoms. The molecule has 3 rings (SSSR count). The zero-order valence-electron chi connectivity index (χ0n) is 13.3. The summed E-state index contributed by atoms with van der Waals surface area (Å²) in [6, 6.07) is 11.7. The van der Waals surface area contributed by atoms with Crippen molar-refractivity contribution in [2.75, 3.05) is 12.4 Å². The van der Waals surface area contributed by atoms with Gasteiger partial charge in [-0.15, -0.1) is 11.3 Å². The topological polar surface area (TPSA) is 49.4 Å². The Morgan fingerprint density at radius 1 is 1.17 bits per heavy atom. The van der Waals surface area contributed by atoms with Gasteiger partial charge in [-0.25, -0.2) is 0 Å². The van der Waals surface area contributed by atoms with E-state index in [2.05, 4.69) is 5.32 Å². The minimum atomic E-state index is -0.0255. The second-order valence-electron chi connectivity index (χ2n) is 6.07. The second-order valence-corrected chi connectivity index (χ2v) is 7.16. The van der Waals surface area contributed by atoms with E-state index in [0.717, 1.165) is 23.4 Å². The van der Waals surface area contributed by atoms with Crippen molar-refractivity contribution < 1.29 is 9.59 Å². The summed E-state index contributed by atoms with van der Waals surface area (Å²) < 4.78 is 0. The number of nitrogens with zero attached hydrogens (tertiary/aromatic N) is 1. The number of hydrogen-bond acceptors (Lipinski definition) is 3. The molecule has 0 saturated heterocycles. The Hall–Kier alpha value is -2.14. The van der Waals surface area contributed by atoms with Gasteiger partial charge in [0.05, 0.1) is 9.88 Å². The lowest BCUT2D eigenvalue weighted by Crippen LogP contribution is -2.25. The summed E-state index contributed by atoms with van der Waals surface area (Å²) in [5.41, 5.74) is 2.31. The van der Waals surface area contributed by atoms with Crippen molar-refractivity contribution in [2.45, 2.75) is 26.3 Å². The number of hydrogen-bond donors (Lipinski definition) is 1. The Morgan fingerprint density at radius 3 is 2.52 bits per heavy atom. The van der Waals surface area contributed by atoms with Gasteiger partial charge in [-0.05, 0) is 37.5 Å². The van der Waals surface area contributed by atoms with Crippen LogP contribution in [-0.2, 0) is 11.3 Å². The summed E-state index contributed by atoms with van der Waals surface area (Å²) in [6.45, 7) is 2.61. The molecule has 1 aromatic carbocycles. The molecule has 0 bridgehead atoms. The lowest BCUT2D eigenvalue weighted by molar-refractivity contribution is -0.117. The summed E-state index contributed by atoms with van der Waals surface area (Å²) in [5.74, 6) is 0.210. The summed E-state index contributed by atoms with van der Waals surface area (Å²) in [6.07, 6.45) is 1.95. The van der Waals surface area contributed by atoms with Crippen LogP contribution in [0.5, 0.6) is 0 Å². The number of benzene rings is 1. The van der Waals surface area contributed by atoms with E-state index in [9.17, 15) is 9.59 Å². The fourth-order valence-electron chi connectivity index (χ4n) is 2.32. The number of aryl methyl sites for hydroxylation is 1. The van der Waals surface area contributed by atoms with Crippen molar-refractivity contribution >= 4 is 28.2 Å². The van der Waals surface area contributed by atoms with E-state index in [1.807, 2.05) is 31.2 Å². The molecule has 5 heteroatoms. The van der Waals surface area contributed by atoms with Gasteiger partial charge in [-0.2, -0.15) is 0 Å². The Morgan fingerprint density at radius 2 is 1.87 bits per heavy atom. The lowest BCUT2D eigenvalue weighted by Gasteiger charge is -2.16. The molecule has 1 saturated carbocycles. The number of carbonyl (C=O) groups is 2. The lowest BCUT2D eigenvalue weighted by atomic mass is 10.1. The van der Waals surface area contributed by atoms with Crippen LogP contribution in [0.4, 0.5) is 5.00 Å². The predicted octanol–water partition coefficient (Wildman–Crippen LogP) is 3.68. The van der Waals surface area contributed by atoms with Crippen LogP contribution in [0.3, 0.4) is 0 Å². The molecule has 1 fully saturated rings. The maximum Gasteiger partial charge on any atom is 0.264 e. The molecule has 0 atom stereocenters. The molecule has 1 N–H and O–H groups in total. The number of nitrogens with one attached hydrogen (secondary N) is 1. The van der Waals surface area contributed by atoms with E-state index in [0.29, 0.717) is 11.4 Å².